The van der Waals surface area contributed by atoms with Gasteiger partial charge in [-0.25, -0.2) is 0 Å². The lowest BCUT2D eigenvalue weighted by molar-refractivity contribution is -0.167. The number of carbonyl (C=O) groups excluding carboxylic acids is 3. The van der Waals surface area contributed by atoms with Crippen molar-refractivity contribution in [2.24, 2.45) is 0 Å². The van der Waals surface area contributed by atoms with Crippen LogP contribution in [0.2, 0.25) is 0 Å². The highest BCUT2D eigenvalue weighted by atomic mass is 16.6. The van der Waals surface area contributed by atoms with Crippen LogP contribution in [0.3, 0.4) is 0 Å². The highest BCUT2D eigenvalue weighted by Gasteiger charge is 2.19. The zero-order valence-corrected chi connectivity index (χ0v) is 55.7. The smallest absolute Gasteiger partial charge is 0.306 e. The minimum Gasteiger partial charge on any atom is -0.462 e. The van der Waals surface area contributed by atoms with Crippen LogP contribution in [0.4, 0.5) is 0 Å². The first-order valence-electron chi connectivity index (χ1n) is 36.8. The van der Waals surface area contributed by atoms with Crippen LogP contribution in [0.25, 0.3) is 0 Å². The molecule has 0 aliphatic heterocycles. The Balaban J connectivity index is 4.26. The van der Waals surface area contributed by atoms with Crippen molar-refractivity contribution >= 4 is 17.9 Å². The molecule has 0 amide bonds. The van der Waals surface area contributed by atoms with E-state index in [-0.39, 0.29) is 31.1 Å². The number of unbranched alkanes of at least 4 members (excludes halogenated alkanes) is 47. The molecular formula is C77H140O6. The molecule has 0 spiro atoms. The van der Waals surface area contributed by atoms with Gasteiger partial charge in [-0.3, -0.25) is 14.4 Å². The van der Waals surface area contributed by atoms with Gasteiger partial charge >= 0.3 is 17.9 Å². The molecule has 6 nitrogen and oxygen atoms in total. The van der Waals surface area contributed by atoms with Gasteiger partial charge in [-0.2, -0.15) is 0 Å². The Labute approximate surface area is 517 Å². The van der Waals surface area contributed by atoms with Gasteiger partial charge in [0.05, 0.1) is 0 Å². The molecule has 0 saturated carbocycles. The van der Waals surface area contributed by atoms with E-state index in [1.165, 1.54) is 257 Å². The predicted octanol–water partition coefficient (Wildman–Crippen LogP) is 25.5. The topological polar surface area (TPSA) is 78.9 Å². The van der Waals surface area contributed by atoms with Crippen molar-refractivity contribution in [3.63, 3.8) is 0 Å². The summed E-state index contributed by atoms with van der Waals surface area (Å²) in [6.45, 7) is 6.58. The van der Waals surface area contributed by atoms with Gasteiger partial charge in [0.25, 0.3) is 0 Å². The van der Waals surface area contributed by atoms with Gasteiger partial charge in [0.1, 0.15) is 13.2 Å². The summed E-state index contributed by atoms with van der Waals surface area (Å²) < 4.78 is 17.0. The fourth-order valence-electron chi connectivity index (χ4n) is 11.0. The van der Waals surface area contributed by atoms with Crippen LogP contribution in [-0.4, -0.2) is 37.2 Å². The molecule has 0 bridgehead atoms. The van der Waals surface area contributed by atoms with E-state index < -0.39 is 6.10 Å². The molecule has 0 saturated heterocycles. The predicted molar refractivity (Wildman–Crippen MR) is 362 cm³/mol. The second-order valence-corrected chi connectivity index (χ2v) is 24.8. The number of hydrogen-bond acceptors (Lipinski definition) is 6. The van der Waals surface area contributed by atoms with E-state index in [0.717, 1.165) is 96.3 Å². The van der Waals surface area contributed by atoms with Gasteiger partial charge < -0.3 is 14.2 Å². The van der Waals surface area contributed by atoms with Crippen molar-refractivity contribution < 1.29 is 28.6 Å². The minimum atomic E-state index is -0.783. The number of esters is 3. The van der Waals surface area contributed by atoms with Gasteiger partial charge in [-0.05, 0) is 103 Å². The van der Waals surface area contributed by atoms with Crippen molar-refractivity contribution in [1.29, 1.82) is 0 Å². The zero-order valence-electron chi connectivity index (χ0n) is 55.7. The van der Waals surface area contributed by atoms with E-state index in [1.807, 2.05) is 0 Å². The summed E-state index contributed by atoms with van der Waals surface area (Å²) >= 11 is 0. The zero-order chi connectivity index (χ0) is 59.9. The summed E-state index contributed by atoms with van der Waals surface area (Å²) in [5.74, 6) is -0.870. The highest BCUT2D eigenvalue weighted by Crippen LogP contribution is 2.18. The lowest BCUT2D eigenvalue weighted by Crippen LogP contribution is -2.30. The molecule has 1 unspecified atom stereocenters. The van der Waals surface area contributed by atoms with Gasteiger partial charge in [0.2, 0.25) is 0 Å². The van der Waals surface area contributed by atoms with Crippen LogP contribution < -0.4 is 0 Å². The highest BCUT2D eigenvalue weighted by molar-refractivity contribution is 5.71. The lowest BCUT2D eigenvalue weighted by atomic mass is 10.0. The molecule has 0 aliphatic carbocycles. The molecule has 0 aromatic rings. The van der Waals surface area contributed by atoms with E-state index >= 15 is 0 Å². The second kappa shape index (κ2) is 71.6. The Kier molecular flexibility index (Phi) is 69.1. The normalized spacial score (nSPS) is 12.4. The van der Waals surface area contributed by atoms with Crippen molar-refractivity contribution in [2.75, 3.05) is 13.2 Å². The number of carbonyl (C=O) groups is 3. The molecule has 0 radical (unpaired) electrons. The molecule has 6 heteroatoms. The maximum absolute atomic E-state index is 13.0. The molecule has 0 aliphatic rings. The molecule has 1 atom stereocenters. The Morgan fingerprint density at radius 1 is 0.253 bits per heavy atom. The minimum absolute atomic E-state index is 0.0767. The summed E-state index contributed by atoms with van der Waals surface area (Å²) in [5.41, 5.74) is 0. The molecule has 83 heavy (non-hydrogen) atoms. The van der Waals surface area contributed by atoms with Gasteiger partial charge in [-0.15, -0.1) is 0 Å². The molecule has 0 N–H and O–H groups in total. The van der Waals surface area contributed by atoms with Gasteiger partial charge in [-0.1, -0.05) is 332 Å². The maximum atomic E-state index is 13.0. The third-order valence-electron chi connectivity index (χ3n) is 16.5. The van der Waals surface area contributed by atoms with Crippen LogP contribution in [0.15, 0.2) is 60.8 Å². The van der Waals surface area contributed by atoms with Crippen LogP contribution in [0.1, 0.15) is 393 Å². The van der Waals surface area contributed by atoms with E-state index in [9.17, 15) is 14.4 Å². The summed E-state index contributed by atoms with van der Waals surface area (Å²) in [6.07, 6.45) is 92.6. The lowest BCUT2D eigenvalue weighted by Gasteiger charge is -2.18. The monoisotopic (exact) mass is 1160 g/mol. The molecular weight excluding hydrogens is 1020 g/mol. The first-order valence-corrected chi connectivity index (χ1v) is 36.8. The SMILES string of the molecule is CC/C=C\C/C=C\C/C=C\CCCCCCCC(=O)OCC(COC(=O)CCCCCCCCCCCCCCCCC/C=C\CCCCCCCCCC)OC(=O)CCCCCCCCCCCCC/C=C\CCCCCCCCCC. The van der Waals surface area contributed by atoms with E-state index in [4.69, 9.17) is 14.2 Å². The number of ether oxygens (including phenoxy) is 3. The third-order valence-corrected chi connectivity index (χ3v) is 16.5. The number of rotatable bonds is 68. The molecule has 0 aromatic carbocycles. The van der Waals surface area contributed by atoms with Crippen molar-refractivity contribution in [1.82, 2.24) is 0 Å². The largest absolute Gasteiger partial charge is 0.462 e. The van der Waals surface area contributed by atoms with Gasteiger partial charge in [0.15, 0.2) is 6.10 Å². The fraction of sp³-hybridized carbons (Fsp3) is 0.831. The van der Waals surface area contributed by atoms with Crippen LogP contribution in [0, 0.1) is 0 Å². The van der Waals surface area contributed by atoms with E-state index in [2.05, 4.69) is 81.5 Å². The summed E-state index contributed by atoms with van der Waals surface area (Å²) in [4.78, 5) is 38.5. The quantitative estimate of drug-likeness (QED) is 0.0261. The molecule has 484 valence electrons. The molecule has 0 aromatic heterocycles. The van der Waals surface area contributed by atoms with Crippen LogP contribution >= 0.6 is 0 Å². The third kappa shape index (κ3) is 69.8. The number of allylic oxidation sites excluding steroid dienone is 10. The first-order chi connectivity index (χ1) is 41.0. The van der Waals surface area contributed by atoms with Crippen molar-refractivity contribution in [3.05, 3.63) is 60.8 Å². The second-order valence-electron chi connectivity index (χ2n) is 24.8. The maximum Gasteiger partial charge on any atom is 0.306 e. The Bertz CT molecular complexity index is 1470. The molecule has 0 heterocycles. The average Bonchev–Trinajstić information content (AvgIpc) is 3.49. The fourth-order valence-corrected chi connectivity index (χ4v) is 11.0. The van der Waals surface area contributed by atoms with E-state index in [0.29, 0.717) is 19.3 Å². The van der Waals surface area contributed by atoms with Gasteiger partial charge in [0, 0.05) is 19.3 Å². The van der Waals surface area contributed by atoms with Crippen LogP contribution in [-0.2, 0) is 28.6 Å². The van der Waals surface area contributed by atoms with Crippen molar-refractivity contribution in [2.45, 2.75) is 399 Å². The summed E-state index contributed by atoms with van der Waals surface area (Å²) in [7, 11) is 0. The summed E-state index contributed by atoms with van der Waals surface area (Å²) in [6, 6.07) is 0. The summed E-state index contributed by atoms with van der Waals surface area (Å²) in [5, 5.41) is 0. The molecule has 0 fully saturated rings. The van der Waals surface area contributed by atoms with E-state index in [1.54, 1.807) is 0 Å². The average molecular weight is 1160 g/mol. The Morgan fingerprint density at radius 2 is 0.470 bits per heavy atom. The van der Waals surface area contributed by atoms with Crippen molar-refractivity contribution in [3.8, 4) is 0 Å². The Morgan fingerprint density at radius 3 is 0.747 bits per heavy atom. The number of hydrogen-bond donors (Lipinski definition) is 0. The van der Waals surface area contributed by atoms with Crippen LogP contribution in [0.5, 0.6) is 0 Å². The molecule has 0 rings (SSSR count). The first kappa shape index (κ1) is 80.1. The standard InChI is InChI=1S/C77H140O6/c1-4-7-10-13-16-19-22-25-28-30-32-34-36-37-38-39-41-42-44-46-49-52-55-58-61-64-67-70-76(79)82-73-74(72-81-75(78)69-66-63-60-57-54-51-48-27-24-21-18-15-12-9-6-3)83-77(80)71-68-65-62-59-56-53-50-47-45-43-40-35-33-31-29-26-23-20-17-14-11-8-5-2/h9,12,18,21,27,30-33,48,74H,4-8,10-11,13-17,19-20,22-26,28-29,34-47,49-73H2,1-3H3/b12-9-,21-18-,32-30-,33-31-,48-27-. The Hall–Kier alpha value is -2.89.